The highest BCUT2D eigenvalue weighted by molar-refractivity contribution is 7.13. The van der Waals surface area contributed by atoms with Crippen LogP contribution in [0.15, 0.2) is 42.0 Å². The van der Waals surface area contributed by atoms with Crippen molar-refractivity contribution in [1.29, 1.82) is 0 Å². The zero-order valence-corrected chi connectivity index (χ0v) is 12.6. The van der Waals surface area contributed by atoms with Crippen LogP contribution in [0, 0.1) is 10.1 Å². The quantitative estimate of drug-likeness (QED) is 0.546. The summed E-state index contributed by atoms with van der Waals surface area (Å²) in [6.45, 7) is 3.27. The Kier molecular flexibility index (Phi) is 3.25. The second kappa shape index (κ2) is 4.96. The van der Waals surface area contributed by atoms with Crippen molar-refractivity contribution < 1.29 is 4.92 Å². The van der Waals surface area contributed by atoms with Crippen LogP contribution in [0.4, 0.5) is 0 Å². The molecule has 108 valence electrons. The molecule has 3 rings (SSSR count). The Morgan fingerprint density at radius 3 is 2.86 bits per heavy atom. The first-order valence-corrected chi connectivity index (χ1v) is 7.50. The maximum Gasteiger partial charge on any atom is 0.222 e. The molecule has 0 unspecified atom stereocenters. The summed E-state index contributed by atoms with van der Waals surface area (Å²) in [5.41, 5.74) is 1.74. The average molecular weight is 301 g/mol. The maximum absolute atomic E-state index is 11.1. The third-order valence-electron chi connectivity index (χ3n) is 3.51. The van der Waals surface area contributed by atoms with E-state index in [0.717, 1.165) is 21.8 Å². The molecule has 0 fully saturated rings. The van der Waals surface area contributed by atoms with Gasteiger partial charge in [-0.2, -0.15) is 0 Å². The number of nitro groups is 1. The molecule has 0 aromatic carbocycles. The van der Waals surface area contributed by atoms with Crippen LogP contribution in [0.3, 0.4) is 0 Å². The van der Waals surface area contributed by atoms with Gasteiger partial charge < -0.3 is 4.40 Å². The van der Waals surface area contributed by atoms with Crippen molar-refractivity contribution >= 4 is 17.0 Å². The number of imidazole rings is 1. The molecule has 0 amide bonds. The molecule has 0 saturated heterocycles. The lowest BCUT2D eigenvalue weighted by Crippen LogP contribution is -2.33. The molecule has 0 aliphatic carbocycles. The van der Waals surface area contributed by atoms with Crippen molar-refractivity contribution in [3.8, 4) is 10.4 Å². The van der Waals surface area contributed by atoms with E-state index in [2.05, 4.69) is 11.1 Å². The Balaban J connectivity index is 2.08. The monoisotopic (exact) mass is 301 g/mol. The van der Waals surface area contributed by atoms with Crippen LogP contribution in [0.1, 0.15) is 19.5 Å². The van der Waals surface area contributed by atoms with E-state index >= 15 is 0 Å². The van der Waals surface area contributed by atoms with Crippen molar-refractivity contribution in [1.82, 2.24) is 9.38 Å². The topological polar surface area (TPSA) is 60.4 Å². The Morgan fingerprint density at radius 2 is 2.19 bits per heavy atom. The molecule has 0 aliphatic heterocycles. The Morgan fingerprint density at radius 1 is 1.38 bits per heavy atom. The van der Waals surface area contributed by atoms with Gasteiger partial charge in [-0.15, -0.1) is 11.3 Å². The van der Waals surface area contributed by atoms with Crippen molar-refractivity contribution in [2.45, 2.75) is 25.8 Å². The normalized spacial score (nSPS) is 11.9. The molecule has 0 bridgehead atoms. The van der Waals surface area contributed by atoms with E-state index in [4.69, 9.17) is 0 Å². The fourth-order valence-corrected chi connectivity index (χ4v) is 3.07. The number of aromatic nitrogens is 2. The van der Waals surface area contributed by atoms with Crippen molar-refractivity contribution in [3.05, 3.63) is 57.8 Å². The molecule has 3 aromatic heterocycles. The van der Waals surface area contributed by atoms with Crippen molar-refractivity contribution in [2.75, 3.05) is 0 Å². The molecule has 0 radical (unpaired) electrons. The molecule has 0 saturated carbocycles. The summed E-state index contributed by atoms with van der Waals surface area (Å²) in [6, 6.07) is 8.03. The number of thiophene rings is 1. The molecule has 0 atom stereocenters. The lowest BCUT2D eigenvalue weighted by molar-refractivity contribution is -0.560. The summed E-state index contributed by atoms with van der Waals surface area (Å²) in [4.78, 5) is 16.5. The van der Waals surface area contributed by atoms with E-state index in [9.17, 15) is 10.1 Å². The van der Waals surface area contributed by atoms with Crippen LogP contribution in [0.25, 0.3) is 16.1 Å². The van der Waals surface area contributed by atoms with Gasteiger partial charge in [-0.3, -0.25) is 10.1 Å². The van der Waals surface area contributed by atoms with Gasteiger partial charge in [0.2, 0.25) is 5.54 Å². The zero-order chi connectivity index (χ0) is 15.0. The molecular weight excluding hydrogens is 286 g/mol. The summed E-state index contributed by atoms with van der Waals surface area (Å²) in [5.74, 6) is 0. The third-order valence-corrected chi connectivity index (χ3v) is 4.41. The fraction of sp³-hybridized carbons (Fsp3) is 0.267. The van der Waals surface area contributed by atoms with Gasteiger partial charge in [-0.25, -0.2) is 4.98 Å². The summed E-state index contributed by atoms with van der Waals surface area (Å²) in [7, 11) is 0. The molecule has 0 aliphatic rings. The van der Waals surface area contributed by atoms with Crippen LogP contribution in [0.2, 0.25) is 0 Å². The molecular formula is C15H15N3O2S. The summed E-state index contributed by atoms with van der Waals surface area (Å²) in [5, 5.41) is 13.1. The Hall–Kier alpha value is -2.21. The lowest BCUT2D eigenvalue weighted by atomic mass is 10.00. The first-order chi connectivity index (χ1) is 9.99. The molecule has 3 aromatic rings. The van der Waals surface area contributed by atoms with E-state index in [1.165, 1.54) is 0 Å². The fourth-order valence-electron chi connectivity index (χ4n) is 2.32. The second-order valence-corrected chi connectivity index (χ2v) is 6.54. The summed E-state index contributed by atoms with van der Waals surface area (Å²) >= 11 is 1.66. The minimum atomic E-state index is -1.01. The highest BCUT2D eigenvalue weighted by atomic mass is 32.1. The van der Waals surface area contributed by atoms with E-state index in [1.807, 2.05) is 34.2 Å². The zero-order valence-electron chi connectivity index (χ0n) is 11.8. The number of pyridine rings is 1. The first kappa shape index (κ1) is 13.8. The molecule has 21 heavy (non-hydrogen) atoms. The largest absolute Gasteiger partial charge is 0.303 e. The lowest BCUT2D eigenvalue weighted by Gasteiger charge is -2.15. The van der Waals surface area contributed by atoms with Gasteiger partial charge in [0.1, 0.15) is 5.65 Å². The van der Waals surface area contributed by atoms with Crippen LogP contribution in [0.5, 0.6) is 0 Å². The van der Waals surface area contributed by atoms with Crippen LogP contribution in [-0.4, -0.2) is 19.8 Å². The van der Waals surface area contributed by atoms with Gasteiger partial charge in [0.05, 0.1) is 6.42 Å². The van der Waals surface area contributed by atoms with E-state index in [1.54, 1.807) is 31.4 Å². The second-order valence-electron chi connectivity index (χ2n) is 5.59. The predicted molar refractivity (Wildman–Crippen MR) is 83.3 cm³/mol. The van der Waals surface area contributed by atoms with Crippen LogP contribution < -0.4 is 0 Å². The standard InChI is InChI=1S/C15H15N3O2S/c1-15(2,18(19)20)9-11-10-16-14-12(5-3-7-17(11)14)13-6-4-8-21-13/h3-8,10H,9H2,1-2H3. The van der Waals surface area contributed by atoms with Crippen molar-refractivity contribution in [2.24, 2.45) is 0 Å². The third kappa shape index (κ3) is 2.42. The number of hydrogen-bond acceptors (Lipinski definition) is 4. The minimum Gasteiger partial charge on any atom is -0.303 e. The highest BCUT2D eigenvalue weighted by Crippen LogP contribution is 2.29. The number of rotatable bonds is 4. The van der Waals surface area contributed by atoms with E-state index in [0.29, 0.717) is 6.42 Å². The summed E-state index contributed by atoms with van der Waals surface area (Å²) < 4.78 is 1.94. The Bertz CT molecular complexity index is 790. The van der Waals surface area contributed by atoms with Gasteiger partial charge in [0.25, 0.3) is 0 Å². The van der Waals surface area contributed by atoms with Gasteiger partial charge in [-0.05, 0) is 23.6 Å². The molecule has 6 heteroatoms. The van der Waals surface area contributed by atoms with Crippen molar-refractivity contribution in [3.63, 3.8) is 0 Å². The van der Waals surface area contributed by atoms with Crippen LogP contribution >= 0.6 is 11.3 Å². The number of fused-ring (bicyclic) bond motifs is 1. The van der Waals surface area contributed by atoms with Crippen LogP contribution in [-0.2, 0) is 6.42 Å². The number of hydrogen-bond donors (Lipinski definition) is 0. The highest BCUT2D eigenvalue weighted by Gasteiger charge is 2.32. The molecule has 5 nitrogen and oxygen atoms in total. The van der Waals surface area contributed by atoms with Gasteiger partial charge in [0, 0.05) is 47.3 Å². The predicted octanol–water partition coefficient (Wildman–Crippen LogP) is 3.66. The van der Waals surface area contributed by atoms with E-state index in [-0.39, 0.29) is 4.92 Å². The maximum atomic E-state index is 11.1. The minimum absolute atomic E-state index is 0.241. The Labute approximate surface area is 126 Å². The smallest absolute Gasteiger partial charge is 0.222 e. The van der Waals surface area contributed by atoms with Gasteiger partial charge in [-0.1, -0.05) is 6.07 Å². The van der Waals surface area contributed by atoms with Gasteiger partial charge >= 0.3 is 0 Å². The average Bonchev–Trinajstić information content (AvgIpc) is 3.08. The molecule has 0 spiro atoms. The SMILES string of the molecule is CC(C)(Cc1cnc2c(-c3cccs3)cccn12)[N+](=O)[O-]. The number of nitrogens with zero attached hydrogens (tertiary/aromatic N) is 3. The van der Waals surface area contributed by atoms with E-state index < -0.39 is 5.54 Å². The molecule has 0 N–H and O–H groups in total. The summed E-state index contributed by atoms with van der Waals surface area (Å²) in [6.07, 6.45) is 3.98. The molecule has 3 heterocycles. The van der Waals surface area contributed by atoms with Gasteiger partial charge in [0.15, 0.2) is 0 Å². The first-order valence-electron chi connectivity index (χ1n) is 6.62.